The van der Waals surface area contributed by atoms with Crippen molar-refractivity contribution >= 4 is 29.7 Å². The van der Waals surface area contributed by atoms with Crippen LogP contribution < -0.4 is 20.5 Å². The lowest BCUT2D eigenvalue weighted by Gasteiger charge is -2.09. The average Bonchev–Trinajstić information content (AvgIpc) is 2.86. The van der Waals surface area contributed by atoms with E-state index in [4.69, 9.17) is 19.9 Å². The number of nitrogens with one attached hydrogen (secondary N) is 1. The van der Waals surface area contributed by atoms with Gasteiger partial charge in [-0.3, -0.25) is 4.79 Å². The molecule has 0 fully saturated rings. The molecule has 0 aromatic heterocycles. The van der Waals surface area contributed by atoms with Crippen LogP contribution in [0, 0.1) is 0 Å². The Balaban J connectivity index is 0.00000220. The highest BCUT2D eigenvalue weighted by Gasteiger charge is 2.17. The Morgan fingerprint density at radius 1 is 1.33 bits per heavy atom. The fourth-order valence-corrected chi connectivity index (χ4v) is 1.87. The summed E-state index contributed by atoms with van der Waals surface area (Å²) in [7, 11) is 0. The molecular formula is C14H21ClN2O4. The predicted octanol–water partition coefficient (Wildman–Crippen LogP) is 2.56. The second-order valence-corrected chi connectivity index (χ2v) is 4.60. The van der Waals surface area contributed by atoms with Crippen molar-refractivity contribution in [3.8, 4) is 11.5 Å². The van der Waals surface area contributed by atoms with Crippen LogP contribution >= 0.6 is 12.4 Å². The molecule has 0 aliphatic carbocycles. The van der Waals surface area contributed by atoms with Gasteiger partial charge in [0.1, 0.15) is 6.61 Å². The molecule has 7 heteroatoms. The molecule has 0 atom stereocenters. The molecule has 1 aliphatic heterocycles. The van der Waals surface area contributed by atoms with Crippen LogP contribution in [0.25, 0.3) is 0 Å². The molecule has 0 unspecified atom stereocenters. The highest BCUT2D eigenvalue weighted by atomic mass is 35.5. The maximum Gasteiger partial charge on any atom is 0.250 e. The minimum Gasteiger partial charge on any atom is -0.454 e. The summed E-state index contributed by atoms with van der Waals surface area (Å²) in [5.41, 5.74) is 6.79. The van der Waals surface area contributed by atoms with Gasteiger partial charge >= 0.3 is 0 Å². The number of benzene rings is 1. The van der Waals surface area contributed by atoms with Gasteiger partial charge in [-0.2, -0.15) is 0 Å². The van der Waals surface area contributed by atoms with E-state index in [2.05, 4.69) is 12.2 Å². The van der Waals surface area contributed by atoms with E-state index in [1.807, 2.05) is 0 Å². The Morgan fingerprint density at radius 2 is 2.05 bits per heavy atom. The number of amides is 1. The lowest BCUT2D eigenvalue weighted by molar-refractivity contribution is -0.120. The van der Waals surface area contributed by atoms with E-state index in [-0.39, 0.29) is 31.7 Å². The first-order valence-corrected chi connectivity index (χ1v) is 6.77. The van der Waals surface area contributed by atoms with E-state index in [1.165, 1.54) is 0 Å². The SMILES string of the molecule is CCCCCOCC(=O)Nc1cc2c(cc1N)OCO2.Cl. The molecule has 0 saturated heterocycles. The van der Waals surface area contributed by atoms with Gasteiger partial charge in [-0.15, -0.1) is 12.4 Å². The summed E-state index contributed by atoms with van der Waals surface area (Å²) in [5.74, 6) is 0.946. The summed E-state index contributed by atoms with van der Waals surface area (Å²) in [4.78, 5) is 11.7. The number of unbranched alkanes of at least 4 members (excludes halogenated alkanes) is 2. The average molecular weight is 317 g/mol. The normalized spacial score (nSPS) is 11.9. The Hall–Kier alpha value is -1.66. The van der Waals surface area contributed by atoms with Crippen molar-refractivity contribution in [3.63, 3.8) is 0 Å². The van der Waals surface area contributed by atoms with Crippen molar-refractivity contribution in [1.29, 1.82) is 0 Å². The van der Waals surface area contributed by atoms with Crippen LogP contribution in [0.1, 0.15) is 26.2 Å². The second-order valence-electron chi connectivity index (χ2n) is 4.60. The zero-order valence-electron chi connectivity index (χ0n) is 12.0. The maximum absolute atomic E-state index is 11.7. The largest absolute Gasteiger partial charge is 0.454 e. The Kier molecular flexibility index (Phi) is 7.11. The number of nitrogens with two attached hydrogens (primary N) is 1. The van der Waals surface area contributed by atoms with Crippen LogP contribution in [0.5, 0.6) is 11.5 Å². The van der Waals surface area contributed by atoms with E-state index in [9.17, 15) is 4.79 Å². The van der Waals surface area contributed by atoms with Crippen LogP contribution in [0.15, 0.2) is 12.1 Å². The van der Waals surface area contributed by atoms with Gasteiger partial charge in [-0.05, 0) is 6.42 Å². The third-order valence-electron chi connectivity index (χ3n) is 2.94. The lowest BCUT2D eigenvalue weighted by Crippen LogP contribution is -2.19. The number of hydrogen-bond donors (Lipinski definition) is 2. The van der Waals surface area contributed by atoms with Crippen LogP contribution in [-0.4, -0.2) is 25.9 Å². The van der Waals surface area contributed by atoms with Crippen molar-refractivity contribution in [2.24, 2.45) is 0 Å². The molecule has 0 bridgehead atoms. The molecule has 0 saturated carbocycles. The standard InChI is InChI=1S/C14H20N2O4.ClH/c1-2-3-4-5-18-8-14(17)16-11-7-13-12(6-10(11)15)19-9-20-13;/h6-7H,2-5,8-9,15H2,1H3,(H,16,17);1H. The molecule has 118 valence electrons. The molecule has 1 aromatic carbocycles. The van der Waals surface area contributed by atoms with Crippen molar-refractivity contribution in [2.75, 3.05) is 31.1 Å². The molecule has 1 amide bonds. The molecular weight excluding hydrogens is 296 g/mol. The van der Waals surface area contributed by atoms with Crippen LogP contribution in [-0.2, 0) is 9.53 Å². The van der Waals surface area contributed by atoms with Crippen molar-refractivity contribution < 1.29 is 19.0 Å². The van der Waals surface area contributed by atoms with Crippen molar-refractivity contribution in [2.45, 2.75) is 26.2 Å². The topological polar surface area (TPSA) is 82.8 Å². The third-order valence-corrected chi connectivity index (χ3v) is 2.94. The Labute approximate surface area is 130 Å². The number of carbonyl (C=O) groups excluding carboxylic acids is 1. The quantitative estimate of drug-likeness (QED) is 0.596. The van der Waals surface area contributed by atoms with Gasteiger partial charge in [-0.25, -0.2) is 0 Å². The molecule has 0 radical (unpaired) electrons. The Bertz CT molecular complexity index is 482. The van der Waals surface area contributed by atoms with E-state index in [0.717, 1.165) is 19.3 Å². The van der Waals surface area contributed by atoms with Crippen LogP contribution in [0.3, 0.4) is 0 Å². The third kappa shape index (κ3) is 4.99. The smallest absolute Gasteiger partial charge is 0.250 e. The zero-order chi connectivity index (χ0) is 14.4. The maximum atomic E-state index is 11.7. The van der Waals surface area contributed by atoms with E-state index < -0.39 is 0 Å². The number of fused-ring (bicyclic) bond motifs is 1. The molecule has 2 rings (SSSR count). The number of rotatable bonds is 7. The van der Waals surface area contributed by atoms with Gasteiger partial charge in [0.25, 0.3) is 0 Å². The van der Waals surface area contributed by atoms with E-state index in [0.29, 0.717) is 29.5 Å². The minimum atomic E-state index is -0.230. The van der Waals surface area contributed by atoms with Gasteiger partial charge < -0.3 is 25.3 Å². The molecule has 1 aliphatic rings. The number of nitrogen functional groups attached to an aromatic ring is 1. The van der Waals surface area contributed by atoms with Gasteiger partial charge in [0.05, 0.1) is 11.4 Å². The lowest BCUT2D eigenvalue weighted by atomic mass is 10.2. The summed E-state index contributed by atoms with van der Waals surface area (Å²) in [6, 6.07) is 3.30. The van der Waals surface area contributed by atoms with Gasteiger partial charge in [-0.1, -0.05) is 19.8 Å². The number of halogens is 1. The number of ether oxygens (including phenoxy) is 3. The van der Waals surface area contributed by atoms with Gasteiger partial charge in [0, 0.05) is 18.7 Å². The van der Waals surface area contributed by atoms with E-state index >= 15 is 0 Å². The highest BCUT2D eigenvalue weighted by molar-refractivity contribution is 5.95. The summed E-state index contributed by atoms with van der Waals surface area (Å²) >= 11 is 0. The Morgan fingerprint density at radius 3 is 2.76 bits per heavy atom. The van der Waals surface area contributed by atoms with Crippen LogP contribution in [0.4, 0.5) is 11.4 Å². The second kappa shape index (κ2) is 8.59. The minimum absolute atomic E-state index is 0. The highest BCUT2D eigenvalue weighted by Crippen LogP contribution is 2.38. The summed E-state index contributed by atoms with van der Waals surface area (Å²) in [6.45, 7) is 2.91. The first kappa shape index (κ1) is 17.4. The fraction of sp³-hybridized carbons (Fsp3) is 0.500. The molecule has 1 heterocycles. The molecule has 21 heavy (non-hydrogen) atoms. The molecule has 0 spiro atoms. The summed E-state index contributed by atoms with van der Waals surface area (Å²) < 4.78 is 15.7. The van der Waals surface area contributed by atoms with Crippen molar-refractivity contribution in [1.82, 2.24) is 0 Å². The van der Waals surface area contributed by atoms with Crippen molar-refractivity contribution in [3.05, 3.63) is 12.1 Å². The molecule has 3 N–H and O–H groups in total. The summed E-state index contributed by atoms with van der Waals surface area (Å²) in [6.07, 6.45) is 3.20. The predicted molar refractivity (Wildman–Crippen MR) is 83.2 cm³/mol. The number of carbonyl (C=O) groups is 1. The first-order chi connectivity index (χ1) is 9.70. The fourth-order valence-electron chi connectivity index (χ4n) is 1.87. The van der Waals surface area contributed by atoms with Crippen LogP contribution in [0.2, 0.25) is 0 Å². The molecule has 1 aromatic rings. The zero-order valence-corrected chi connectivity index (χ0v) is 12.8. The van der Waals surface area contributed by atoms with E-state index in [1.54, 1.807) is 12.1 Å². The number of anilines is 2. The first-order valence-electron chi connectivity index (χ1n) is 6.77. The molecule has 6 nitrogen and oxygen atoms in total. The van der Waals surface area contributed by atoms with Gasteiger partial charge in [0.15, 0.2) is 11.5 Å². The monoisotopic (exact) mass is 316 g/mol. The number of hydrogen-bond acceptors (Lipinski definition) is 5. The van der Waals surface area contributed by atoms with Gasteiger partial charge in [0.2, 0.25) is 12.7 Å². The summed E-state index contributed by atoms with van der Waals surface area (Å²) in [5, 5.41) is 2.71.